The average molecular weight is 562 g/mol. The molecule has 2 aromatic heterocycles. The average Bonchev–Trinajstić information content (AvgIpc) is 3.59. The fourth-order valence-electron chi connectivity index (χ4n) is 4.89. The molecule has 6 rings (SSSR count). The third-order valence-corrected chi connectivity index (χ3v) is 7.20. The Bertz CT molecular complexity index is 1610. The Labute approximate surface area is 221 Å². The second-order valence-electron chi connectivity index (χ2n) is 9.36. The van der Waals surface area contributed by atoms with E-state index < -0.39 is 0 Å². The Hall–Kier alpha value is -3.53. The second-order valence-corrected chi connectivity index (χ2v) is 10.3. The van der Waals surface area contributed by atoms with E-state index in [9.17, 15) is 9.18 Å². The van der Waals surface area contributed by atoms with Crippen LogP contribution >= 0.6 is 15.9 Å². The minimum Gasteiger partial charge on any atom is -0.354 e. The van der Waals surface area contributed by atoms with Gasteiger partial charge < -0.3 is 14.7 Å². The summed E-state index contributed by atoms with van der Waals surface area (Å²) in [6.07, 6.45) is 2.55. The molecule has 1 aliphatic heterocycles. The third-order valence-electron chi connectivity index (χ3n) is 6.67. The molecule has 0 aliphatic carbocycles. The number of benzene rings is 3. The van der Waals surface area contributed by atoms with Gasteiger partial charge in [-0.05, 0) is 79.6 Å². The first-order valence-electron chi connectivity index (χ1n) is 12.1. The van der Waals surface area contributed by atoms with Crippen molar-refractivity contribution in [3.63, 3.8) is 0 Å². The number of aromatic nitrogens is 4. The zero-order chi connectivity index (χ0) is 25.5. The predicted octanol–water partition coefficient (Wildman–Crippen LogP) is 5.57. The first-order valence-corrected chi connectivity index (χ1v) is 12.9. The maximum Gasteiger partial charge on any atom is 0.323 e. The molecule has 2 atom stereocenters. The van der Waals surface area contributed by atoms with Gasteiger partial charge in [-0.2, -0.15) is 5.10 Å². The first kappa shape index (κ1) is 23.8. The van der Waals surface area contributed by atoms with E-state index in [1.54, 1.807) is 12.1 Å². The molecule has 9 heteroatoms. The second kappa shape index (κ2) is 9.74. The summed E-state index contributed by atoms with van der Waals surface area (Å²) in [5.41, 5.74) is 5.98. The smallest absolute Gasteiger partial charge is 0.323 e. The van der Waals surface area contributed by atoms with Gasteiger partial charge in [-0.3, -0.25) is 4.90 Å². The van der Waals surface area contributed by atoms with Crippen LogP contribution < -0.4 is 5.69 Å². The Kier molecular flexibility index (Phi) is 6.27. The van der Waals surface area contributed by atoms with Crippen molar-refractivity contribution in [2.45, 2.75) is 25.7 Å². The van der Waals surface area contributed by atoms with Crippen molar-refractivity contribution in [2.75, 3.05) is 13.1 Å². The Morgan fingerprint density at radius 2 is 1.81 bits per heavy atom. The molecule has 1 aliphatic rings. The highest BCUT2D eigenvalue weighted by Gasteiger charge is 2.34. The molecule has 188 valence electrons. The van der Waals surface area contributed by atoms with E-state index in [1.165, 1.54) is 12.1 Å². The van der Waals surface area contributed by atoms with E-state index in [1.807, 2.05) is 53.3 Å². The van der Waals surface area contributed by atoms with Crippen LogP contribution in [0.1, 0.15) is 24.3 Å². The molecular formula is C28H25BrFN5O2. The lowest BCUT2D eigenvalue weighted by Gasteiger charge is -2.23. The molecular weight excluding hydrogens is 537 g/mol. The number of nitrogens with one attached hydrogen (secondary N) is 2. The molecule has 0 unspecified atom stereocenters. The van der Waals surface area contributed by atoms with Gasteiger partial charge in [0.05, 0.1) is 28.5 Å². The van der Waals surface area contributed by atoms with Crippen molar-refractivity contribution < 1.29 is 9.13 Å². The van der Waals surface area contributed by atoms with Crippen LogP contribution in [0.2, 0.25) is 0 Å². The van der Waals surface area contributed by atoms with E-state index in [-0.39, 0.29) is 23.8 Å². The summed E-state index contributed by atoms with van der Waals surface area (Å²) in [4.78, 5) is 19.5. The number of imidazole rings is 1. The zero-order valence-corrected chi connectivity index (χ0v) is 21.7. The third kappa shape index (κ3) is 4.90. The molecule has 0 saturated carbocycles. The van der Waals surface area contributed by atoms with Crippen LogP contribution in [-0.4, -0.2) is 43.8 Å². The minimum absolute atomic E-state index is 0.0469. The van der Waals surface area contributed by atoms with Gasteiger partial charge in [0, 0.05) is 34.9 Å². The number of fused-ring (bicyclic) bond motifs is 1. The van der Waals surface area contributed by atoms with E-state index in [0.29, 0.717) is 0 Å². The highest BCUT2D eigenvalue weighted by atomic mass is 79.9. The molecule has 0 radical (unpaired) electrons. The van der Waals surface area contributed by atoms with Crippen molar-refractivity contribution in [2.24, 2.45) is 0 Å². The fourth-order valence-corrected chi connectivity index (χ4v) is 5.15. The molecule has 0 spiro atoms. The van der Waals surface area contributed by atoms with Crippen LogP contribution in [0.15, 0.2) is 82.2 Å². The largest absolute Gasteiger partial charge is 0.354 e. The van der Waals surface area contributed by atoms with E-state index in [2.05, 4.69) is 37.7 Å². The number of halogens is 2. The van der Waals surface area contributed by atoms with Crippen LogP contribution in [0.25, 0.3) is 28.0 Å². The van der Waals surface area contributed by atoms with Crippen LogP contribution in [0.4, 0.5) is 4.39 Å². The lowest BCUT2D eigenvalue weighted by atomic mass is 10.1. The van der Waals surface area contributed by atoms with Crippen LogP contribution in [-0.2, 0) is 11.2 Å². The summed E-state index contributed by atoms with van der Waals surface area (Å²) in [6, 6.07) is 20.3. The van der Waals surface area contributed by atoms with Gasteiger partial charge in [-0.15, -0.1) is 0 Å². The molecule has 1 fully saturated rings. The van der Waals surface area contributed by atoms with Gasteiger partial charge in [-0.25, -0.2) is 13.9 Å². The summed E-state index contributed by atoms with van der Waals surface area (Å²) in [5.74, 6) is -0.286. The molecule has 3 aromatic carbocycles. The quantitative estimate of drug-likeness (QED) is 0.284. The number of hydrogen-bond acceptors (Lipinski definition) is 4. The lowest BCUT2D eigenvalue weighted by molar-refractivity contribution is 0.00522. The summed E-state index contributed by atoms with van der Waals surface area (Å²) >= 11 is 3.49. The molecule has 1 saturated heterocycles. The van der Waals surface area contributed by atoms with E-state index >= 15 is 0 Å². The highest BCUT2D eigenvalue weighted by molar-refractivity contribution is 9.10. The molecule has 2 N–H and O–H groups in total. The molecule has 7 nitrogen and oxygen atoms in total. The SMILES string of the molecule is C[C@@H]1CN(CCc2ccc3[nH]c(=O)[nH]c3c2)[C@@H](c2cn(-c3ccc(Br)cc3)nc2-c2ccc(F)cc2)O1. The zero-order valence-electron chi connectivity index (χ0n) is 20.1. The summed E-state index contributed by atoms with van der Waals surface area (Å²) in [6.45, 7) is 3.61. The number of aromatic amines is 2. The Balaban J connectivity index is 1.33. The monoisotopic (exact) mass is 561 g/mol. The predicted molar refractivity (Wildman–Crippen MR) is 144 cm³/mol. The van der Waals surface area contributed by atoms with Crippen LogP contribution in [0.3, 0.4) is 0 Å². The van der Waals surface area contributed by atoms with Crippen molar-refractivity contribution in [1.29, 1.82) is 0 Å². The van der Waals surface area contributed by atoms with Gasteiger partial charge >= 0.3 is 5.69 Å². The highest BCUT2D eigenvalue weighted by Crippen LogP contribution is 2.37. The maximum absolute atomic E-state index is 13.7. The van der Waals surface area contributed by atoms with Gasteiger partial charge in [0.25, 0.3) is 0 Å². The normalized spacial score (nSPS) is 18.1. The number of hydrogen-bond donors (Lipinski definition) is 2. The number of ether oxygens (including phenoxy) is 1. The topological polar surface area (TPSA) is 78.9 Å². The van der Waals surface area contributed by atoms with Gasteiger partial charge in [0.15, 0.2) is 0 Å². The Morgan fingerprint density at radius 1 is 1.05 bits per heavy atom. The van der Waals surface area contributed by atoms with Gasteiger partial charge in [0.1, 0.15) is 12.0 Å². The van der Waals surface area contributed by atoms with Crippen molar-refractivity contribution in [3.8, 4) is 16.9 Å². The molecule has 0 amide bonds. The molecule has 37 heavy (non-hydrogen) atoms. The van der Waals surface area contributed by atoms with E-state index in [4.69, 9.17) is 9.84 Å². The summed E-state index contributed by atoms with van der Waals surface area (Å²) < 4.78 is 23.0. The van der Waals surface area contributed by atoms with Crippen molar-refractivity contribution in [3.05, 3.63) is 105 Å². The van der Waals surface area contributed by atoms with E-state index in [0.717, 1.165) is 63.1 Å². The number of nitrogens with zero attached hydrogens (tertiary/aromatic N) is 3. The summed E-state index contributed by atoms with van der Waals surface area (Å²) in [5, 5.41) is 4.90. The number of H-pyrrole nitrogens is 2. The summed E-state index contributed by atoms with van der Waals surface area (Å²) in [7, 11) is 0. The van der Waals surface area contributed by atoms with Gasteiger partial charge in [-0.1, -0.05) is 22.0 Å². The lowest BCUT2D eigenvalue weighted by Crippen LogP contribution is -2.27. The standard InChI is InChI=1S/C28H25BrFN5O2/c1-17-15-34(13-12-18-2-11-24-25(14-18)32-28(36)31-24)27(37-17)23-16-35(22-9-5-20(29)6-10-22)33-26(23)19-3-7-21(30)8-4-19/h2-11,14,16-17,27H,12-13,15H2,1H3,(H2,31,32,36)/t17-,27-/m1/s1. The van der Waals surface area contributed by atoms with Gasteiger partial charge in [0.2, 0.25) is 0 Å². The van der Waals surface area contributed by atoms with Crippen LogP contribution in [0, 0.1) is 5.82 Å². The minimum atomic E-state index is -0.296. The fraction of sp³-hybridized carbons (Fsp3) is 0.214. The van der Waals surface area contributed by atoms with Crippen molar-refractivity contribution >= 4 is 27.0 Å². The Morgan fingerprint density at radius 3 is 2.59 bits per heavy atom. The molecule has 5 aromatic rings. The molecule has 0 bridgehead atoms. The number of rotatable bonds is 6. The molecule has 3 heterocycles. The maximum atomic E-state index is 13.7. The van der Waals surface area contributed by atoms with Crippen LogP contribution in [0.5, 0.6) is 0 Å². The van der Waals surface area contributed by atoms with Crippen molar-refractivity contribution in [1.82, 2.24) is 24.6 Å². The first-order chi connectivity index (χ1) is 17.9.